The van der Waals surface area contributed by atoms with Crippen molar-refractivity contribution in [2.75, 3.05) is 20.2 Å². The van der Waals surface area contributed by atoms with Crippen molar-refractivity contribution in [3.8, 4) is 5.75 Å². The maximum Gasteiger partial charge on any atom is 0.242 e. The van der Waals surface area contributed by atoms with E-state index < -0.39 is 0 Å². The summed E-state index contributed by atoms with van der Waals surface area (Å²) < 4.78 is 7.63. The maximum atomic E-state index is 14.4. The molecule has 1 aromatic heterocycles. The number of aromatic nitrogens is 1. The zero-order chi connectivity index (χ0) is 30.0. The number of carbonyl (C=O) groups is 2. The molecular weight excluding hydrogens is 534 g/mol. The normalized spacial score (nSPS) is 23.9. The molecule has 3 aromatic rings. The van der Waals surface area contributed by atoms with Gasteiger partial charge in [-0.3, -0.25) is 9.59 Å². The largest absolute Gasteiger partial charge is 0.497 e. The maximum absolute atomic E-state index is 14.4. The lowest BCUT2D eigenvalue weighted by Gasteiger charge is -2.56. The lowest BCUT2D eigenvalue weighted by molar-refractivity contribution is -0.161. The second kappa shape index (κ2) is 12.6. The van der Waals surface area contributed by atoms with Gasteiger partial charge in [-0.2, -0.15) is 0 Å². The Morgan fingerprint density at radius 2 is 1.53 bits per heavy atom. The summed E-state index contributed by atoms with van der Waals surface area (Å²) in [7, 11) is 1.68. The van der Waals surface area contributed by atoms with Gasteiger partial charge in [-0.05, 0) is 97.6 Å². The third-order valence-electron chi connectivity index (χ3n) is 10.0. The molecule has 4 saturated carbocycles. The first-order valence-corrected chi connectivity index (χ1v) is 16.2. The molecule has 2 amide bonds. The first-order chi connectivity index (χ1) is 20.8. The van der Waals surface area contributed by atoms with E-state index in [-0.39, 0.29) is 23.8 Å². The van der Waals surface area contributed by atoms with E-state index in [1.54, 1.807) is 7.11 Å². The van der Waals surface area contributed by atoms with Crippen molar-refractivity contribution in [3.05, 3.63) is 89.7 Å². The van der Waals surface area contributed by atoms with E-state index in [0.29, 0.717) is 49.9 Å². The van der Waals surface area contributed by atoms with Crippen molar-refractivity contribution in [1.82, 2.24) is 14.4 Å². The summed E-state index contributed by atoms with van der Waals surface area (Å²) in [6.45, 7) is 6.74. The summed E-state index contributed by atoms with van der Waals surface area (Å²) >= 11 is 0. The van der Waals surface area contributed by atoms with Crippen LogP contribution < -0.4 is 4.74 Å². The number of nitrogens with zero attached hydrogens (tertiary/aromatic N) is 3. The molecule has 228 valence electrons. The van der Waals surface area contributed by atoms with Crippen LogP contribution in [0.2, 0.25) is 0 Å². The molecule has 4 fully saturated rings. The Morgan fingerprint density at radius 1 is 0.860 bits per heavy atom. The molecule has 0 unspecified atom stereocenters. The molecule has 0 N–H and O–H groups in total. The topological polar surface area (TPSA) is 54.8 Å². The molecule has 2 aromatic carbocycles. The zero-order valence-electron chi connectivity index (χ0n) is 26.1. The number of methoxy groups -OCH3 is 1. The van der Waals surface area contributed by atoms with Crippen molar-refractivity contribution in [2.45, 2.75) is 72.0 Å². The van der Waals surface area contributed by atoms with Gasteiger partial charge in [-0.1, -0.05) is 56.3 Å². The highest BCUT2D eigenvalue weighted by molar-refractivity contribution is 5.88. The summed E-state index contributed by atoms with van der Waals surface area (Å²) in [6.07, 6.45) is 9.04. The Labute approximate surface area is 257 Å². The predicted octanol–water partition coefficient (Wildman–Crippen LogP) is 6.77. The molecule has 1 heterocycles. The highest BCUT2D eigenvalue weighted by Gasteiger charge is 2.55. The molecule has 0 radical (unpaired) electrons. The van der Waals surface area contributed by atoms with Gasteiger partial charge in [0.1, 0.15) is 5.75 Å². The second-order valence-electron chi connectivity index (χ2n) is 14.0. The number of hydrogen-bond acceptors (Lipinski definition) is 3. The number of hydrogen-bond donors (Lipinski definition) is 0. The summed E-state index contributed by atoms with van der Waals surface area (Å²) in [5, 5.41) is 0. The average molecular weight is 582 g/mol. The molecule has 4 aliphatic rings. The van der Waals surface area contributed by atoms with Gasteiger partial charge in [0.2, 0.25) is 11.8 Å². The van der Waals surface area contributed by atoms with Crippen LogP contribution in [0, 0.1) is 29.1 Å². The fourth-order valence-corrected chi connectivity index (χ4v) is 8.58. The average Bonchev–Trinajstić information content (AvgIpc) is 3.42. The van der Waals surface area contributed by atoms with Crippen molar-refractivity contribution in [1.29, 1.82) is 0 Å². The van der Waals surface area contributed by atoms with Crippen LogP contribution in [-0.2, 0) is 29.2 Å². The minimum atomic E-state index is -0.250. The van der Waals surface area contributed by atoms with Crippen LogP contribution in [0.5, 0.6) is 5.75 Å². The number of ether oxygens (including phenoxy) is 1. The van der Waals surface area contributed by atoms with Crippen molar-refractivity contribution in [2.24, 2.45) is 29.1 Å². The first-order valence-electron chi connectivity index (χ1n) is 16.2. The van der Waals surface area contributed by atoms with Gasteiger partial charge in [-0.25, -0.2) is 0 Å². The molecule has 43 heavy (non-hydrogen) atoms. The second-order valence-corrected chi connectivity index (χ2v) is 14.0. The fourth-order valence-electron chi connectivity index (χ4n) is 8.58. The molecule has 6 heteroatoms. The fraction of sp³-hybridized carbons (Fsp3) is 0.514. The third-order valence-corrected chi connectivity index (χ3v) is 10.0. The first kappa shape index (κ1) is 29.5. The lowest BCUT2D eigenvalue weighted by Crippen LogP contribution is -2.56. The predicted molar refractivity (Wildman–Crippen MR) is 169 cm³/mol. The Kier molecular flexibility index (Phi) is 8.65. The Balaban J connectivity index is 1.23. The highest BCUT2D eigenvalue weighted by Crippen LogP contribution is 2.60. The zero-order valence-corrected chi connectivity index (χ0v) is 26.1. The van der Waals surface area contributed by atoms with Crippen LogP contribution in [0.1, 0.15) is 69.2 Å². The van der Waals surface area contributed by atoms with Crippen LogP contribution in [0.4, 0.5) is 0 Å². The van der Waals surface area contributed by atoms with Gasteiger partial charge in [0.15, 0.2) is 0 Å². The van der Waals surface area contributed by atoms with E-state index in [0.717, 1.165) is 41.8 Å². The van der Waals surface area contributed by atoms with Crippen LogP contribution in [0.25, 0.3) is 0 Å². The number of carbonyl (C=O) groups excluding carboxylic acids is 2. The van der Waals surface area contributed by atoms with E-state index in [2.05, 4.69) is 54.9 Å². The van der Waals surface area contributed by atoms with Crippen LogP contribution in [-0.4, -0.2) is 46.4 Å². The van der Waals surface area contributed by atoms with E-state index in [4.69, 9.17) is 4.74 Å². The number of benzene rings is 2. The molecule has 0 aliphatic heterocycles. The van der Waals surface area contributed by atoms with Gasteiger partial charge >= 0.3 is 0 Å². The standard InChI is InChI=1S/C37H47N3O3/c1-27(2)22-40(36(42)37-19-30-15-31(20-37)17-32(16-30)21-37)26-35(41)39(23-28-9-5-4-6-10-28)25-33-12-8-14-38(33)24-29-11-7-13-34(18-29)43-3/h4-14,18,27,30-32H,15-17,19-26H2,1-3H3. The van der Waals surface area contributed by atoms with E-state index >= 15 is 0 Å². The highest BCUT2D eigenvalue weighted by atomic mass is 16.5. The molecule has 6 nitrogen and oxygen atoms in total. The van der Waals surface area contributed by atoms with E-state index in [1.165, 1.54) is 19.3 Å². The molecule has 0 atom stereocenters. The monoisotopic (exact) mass is 581 g/mol. The van der Waals surface area contributed by atoms with Crippen LogP contribution >= 0.6 is 0 Å². The van der Waals surface area contributed by atoms with E-state index in [1.807, 2.05) is 46.2 Å². The summed E-state index contributed by atoms with van der Waals surface area (Å²) in [5.41, 5.74) is 3.04. The van der Waals surface area contributed by atoms with Crippen molar-refractivity contribution >= 4 is 11.8 Å². The van der Waals surface area contributed by atoms with Crippen molar-refractivity contribution in [3.63, 3.8) is 0 Å². The molecule has 0 spiro atoms. The quantitative estimate of drug-likeness (QED) is 0.237. The van der Waals surface area contributed by atoms with E-state index in [9.17, 15) is 9.59 Å². The van der Waals surface area contributed by atoms with Gasteiger partial charge in [0.05, 0.1) is 25.6 Å². The third kappa shape index (κ3) is 6.68. The minimum Gasteiger partial charge on any atom is -0.497 e. The SMILES string of the molecule is COc1cccc(Cn2cccc2CN(Cc2ccccc2)C(=O)CN(CC(C)C)C(=O)C23CC4CC(CC(C4)C2)C3)c1. The smallest absolute Gasteiger partial charge is 0.242 e. The lowest BCUT2D eigenvalue weighted by atomic mass is 9.49. The molecule has 0 saturated heterocycles. The summed E-state index contributed by atoms with van der Waals surface area (Å²) in [6, 6.07) is 22.4. The molecule has 7 rings (SSSR count). The Hall–Kier alpha value is -3.54. The summed E-state index contributed by atoms with van der Waals surface area (Å²) in [5.74, 6) is 3.47. The Morgan fingerprint density at radius 3 is 2.19 bits per heavy atom. The van der Waals surface area contributed by atoms with Gasteiger partial charge in [-0.15, -0.1) is 0 Å². The summed E-state index contributed by atoms with van der Waals surface area (Å²) in [4.78, 5) is 32.5. The van der Waals surface area contributed by atoms with Crippen LogP contribution in [0.15, 0.2) is 72.9 Å². The van der Waals surface area contributed by atoms with Gasteiger partial charge in [0, 0.05) is 31.5 Å². The number of rotatable bonds is 12. The minimum absolute atomic E-state index is 0.0108. The van der Waals surface area contributed by atoms with Crippen molar-refractivity contribution < 1.29 is 14.3 Å². The van der Waals surface area contributed by atoms with Gasteiger partial charge in [0.25, 0.3) is 0 Å². The number of amides is 2. The Bertz CT molecular complexity index is 1380. The molecule has 4 bridgehead atoms. The van der Waals surface area contributed by atoms with Crippen LogP contribution in [0.3, 0.4) is 0 Å². The molecular formula is C37H47N3O3. The van der Waals surface area contributed by atoms with Gasteiger partial charge < -0.3 is 19.1 Å². The molecule has 4 aliphatic carbocycles.